The van der Waals surface area contributed by atoms with E-state index in [0.717, 1.165) is 17.7 Å². The average Bonchev–Trinajstić information content (AvgIpc) is 2.53. The summed E-state index contributed by atoms with van der Waals surface area (Å²) >= 11 is 5.43. The van der Waals surface area contributed by atoms with Crippen LogP contribution in [0.25, 0.3) is 0 Å². The molecule has 0 saturated heterocycles. The van der Waals surface area contributed by atoms with Crippen molar-refractivity contribution in [2.24, 2.45) is 5.73 Å². The standard InChI is InChI=1S/C16H13ClF2N2O2/c17-13-11(18)7-6-10(14(13)19)16(23)21-12(15(20)22)8-9-4-2-1-3-5-9/h1-7,12H,8H2,(H2,20,22)(H,21,23). The van der Waals surface area contributed by atoms with Gasteiger partial charge < -0.3 is 11.1 Å². The third-order valence-electron chi connectivity index (χ3n) is 3.21. The first-order valence-electron chi connectivity index (χ1n) is 6.67. The fraction of sp³-hybridized carbons (Fsp3) is 0.125. The number of hydrogen-bond acceptors (Lipinski definition) is 2. The Balaban J connectivity index is 2.19. The number of halogens is 3. The lowest BCUT2D eigenvalue weighted by molar-refractivity contribution is -0.119. The van der Waals surface area contributed by atoms with E-state index in [-0.39, 0.29) is 6.42 Å². The first-order chi connectivity index (χ1) is 10.9. The van der Waals surface area contributed by atoms with Crippen LogP contribution in [0, 0.1) is 11.6 Å². The van der Waals surface area contributed by atoms with E-state index in [1.54, 1.807) is 30.3 Å². The Morgan fingerprint density at radius 1 is 1.13 bits per heavy atom. The predicted octanol–water partition coefficient (Wildman–Crippen LogP) is 2.44. The number of primary amides is 1. The molecule has 2 aromatic rings. The first-order valence-corrected chi connectivity index (χ1v) is 7.05. The highest BCUT2D eigenvalue weighted by Crippen LogP contribution is 2.22. The van der Waals surface area contributed by atoms with Crippen LogP contribution in [0.2, 0.25) is 5.02 Å². The van der Waals surface area contributed by atoms with Crippen molar-refractivity contribution in [1.82, 2.24) is 5.32 Å². The minimum Gasteiger partial charge on any atom is -0.368 e. The quantitative estimate of drug-likeness (QED) is 0.822. The molecule has 0 aromatic heterocycles. The molecule has 4 nitrogen and oxygen atoms in total. The molecule has 7 heteroatoms. The highest BCUT2D eigenvalue weighted by molar-refractivity contribution is 6.31. The highest BCUT2D eigenvalue weighted by atomic mass is 35.5. The second kappa shape index (κ2) is 7.19. The van der Waals surface area contributed by atoms with Crippen LogP contribution in [-0.4, -0.2) is 17.9 Å². The molecule has 2 aromatic carbocycles. The lowest BCUT2D eigenvalue weighted by Crippen LogP contribution is -2.46. The molecule has 0 heterocycles. The lowest BCUT2D eigenvalue weighted by Gasteiger charge is -2.16. The summed E-state index contributed by atoms with van der Waals surface area (Å²) in [6.07, 6.45) is 0.151. The molecule has 1 unspecified atom stereocenters. The van der Waals surface area contributed by atoms with E-state index >= 15 is 0 Å². The largest absolute Gasteiger partial charge is 0.368 e. The second-order valence-electron chi connectivity index (χ2n) is 4.84. The SMILES string of the molecule is NC(=O)C(Cc1ccccc1)NC(=O)c1ccc(F)c(Cl)c1F. The zero-order valence-corrected chi connectivity index (χ0v) is 12.6. The van der Waals surface area contributed by atoms with Crippen molar-refractivity contribution in [3.8, 4) is 0 Å². The Labute approximate surface area is 136 Å². The van der Waals surface area contributed by atoms with Gasteiger partial charge in [0.05, 0.1) is 5.56 Å². The van der Waals surface area contributed by atoms with Crippen LogP contribution in [0.15, 0.2) is 42.5 Å². The van der Waals surface area contributed by atoms with Gasteiger partial charge in [0.2, 0.25) is 5.91 Å². The molecule has 120 valence electrons. The van der Waals surface area contributed by atoms with Crippen LogP contribution in [0.1, 0.15) is 15.9 Å². The molecule has 0 spiro atoms. The van der Waals surface area contributed by atoms with Crippen molar-refractivity contribution in [2.75, 3.05) is 0 Å². The minimum absolute atomic E-state index is 0.151. The normalized spacial score (nSPS) is 11.8. The van der Waals surface area contributed by atoms with Gasteiger partial charge in [-0.1, -0.05) is 41.9 Å². The van der Waals surface area contributed by atoms with E-state index in [1.165, 1.54) is 0 Å². The van der Waals surface area contributed by atoms with Crippen LogP contribution in [0.4, 0.5) is 8.78 Å². The Morgan fingerprint density at radius 3 is 2.39 bits per heavy atom. The van der Waals surface area contributed by atoms with Crippen molar-refractivity contribution in [2.45, 2.75) is 12.5 Å². The number of amides is 2. The Morgan fingerprint density at radius 2 is 1.78 bits per heavy atom. The zero-order valence-electron chi connectivity index (χ0n) is 11.9. The number of carbonyl (C=O) groups excluding carboxylic acids is 2. The molecule has 0 aliphatic rings. The molecular formula is C16H13ClF2N2O2. The molecule has 0 aliphatic heterocycles. The van der Waals surface area contributed by atoms with Gasteiger partial charge in [-0.05, 0) is 17.7 Å². The summed E-state index contributed by atoms with van der Waals surface area (Å²) in [6.45, 7) is 0. The molecule has 0 saturated carbocycles. The Bertz CT molecular complexity index is 738. The maximum absolute atomic E-state index is 13.8. The van der Waals surface area contributed by atoms with Gasteiger partial charge in [0.1, 0.15) is 16.9 Å². The number of hydrogen-bond donors (Lipinski definition) is 2. The average molecular weight is 339 g/mol. The number of nitrogens with one attached hydrogen (secondary N) is 1. The lowest BCUT2D eigenvalue weighted by atomic mass is 10.0. The monoisotopic (exact) mass is 338 g/mol. The number of benzene rings is 2. The van der Waals surface area contributed by atoms with Crippen LogP contribution in [0.5, 0.6) is 0 Å². The van der Waals surface area contributed by atoms with Gasteiger partial charge in [-0.25, -0.2) is 8.78 Å². The molecule has 1 atom stereocenters. The van der Waals surface area contributed by atoms with E-state index in [0.29, 0.717) is 0 Å². The molecule has 0 fully saturated rings. The summed E-state index contributed by atoms with van der Waals surface area (Å²) in [5, 5.41) is 1.55. The Kier molecular flexibility index (Phi) is 5.28. The second-order valence-corrected chi connectivity index (χ2v) is 5.22. The maximum atomic E-state index is 13.8. The molecule has 23 heavy (non-hydrogen) atoms. The van der Waals surface area contributed by atoms with Crippen LogP contribution in [-0.2, 0) is 11.2 Å². The predicted molar refractivity (Wildman–Crippen MR) is 82.0 cm³/mol. The molecule has 2 rings (SSSR count). The van der Waals surface area contributed by atoms with Gasteiger partial charge in [-0.2, -0.15) is 0 Å². The number of nitrogens with two attached hydrogens (primary N) is 1. The van der Waals surface area contributed by atoms with E-state index < -0.39 is 40.1 Å². The van der Waals surface area contributed by atoms with E-state index in [9.17, 15) is 18.4 Å². The van der Waals surface area contributed by atoms with E-state index in [1.807, 2.05) is 0 Å². The molecule has 3 N–H and O–H groups in total. The summed E-state index contributed by atoms with van der Waals surface area (Å²) in [5.41, 5.74) is 5.58. The Hall–Kier alpha value is -2.47. The smallest absolute Gasteiger partial charge is 0.254 e. The van der Waals surface area contributed by atoms with Gasteiger partial charge in [-0.3, -0.25) is 9.59 Å². The van der Waals surface area contributed by atoms with Crippen molar-refractivity contribution in [1.29, 1.82) is 0 Å². The molecule has 0 bridgehead atoms. The zero-order chi connectivity index (χ0) is 17.0. The molecular weight excluding hydrogens is 326 g/mol. The fourth-order valence-electron chi connectivity index (χ4n) is 2.01. The summed E-state index contributed by atoms with van der Waals surface area (Å²) in [7, 11) is 0. The van der Waals surface area contributed by atoms with Crippen molar-refractivity contribution >= 4 is 23.4 Å². The first kappa shape index (κ1) is 16.9. The third kappa shape index (κ3) is 4.04. The van der Waals surface area contributed by atoms with Crippen LogP contribution >= 0.6 is 11.6 Å². The van der Waals surface area contributed by atoms with E-state index in [2.05, 4.69) is 5.32 Å². The van der Waals surface area contributed by atoms with Gasteiger partial charge in [0.25, 0.3) is 5.91 Å². The number of carbonyl (C=O) groups is 2. The molecule has 0 aliphatic carbocycles. The molecule has 0 radical (unpaired) electrons. The van der Waals surface area contributed by atoms with Gasteiger partial charge in [0, 0.05) is 6.42 Å². The summed E-state index contributed by atoms with van der Waals surface area (Å²) < 4.78 is 27.0. The van der Waals surface area contributed by atoms with Gasteiger partial charge >= 0.3 is 0 Å². The van der Waals surface area contributed by atoms with Crippen molar-refractivity contribution < 1.29 is 18.4 Å². The van der Waals surface area contributed by atoms with Crippen molar-refractivity contribution in [3.05, 3.63) is 70.2 Å². The van der Waals surface area contributed by atoms with Crippen LogP contribution in [0.3, 0.4) is 0 Å². The van der Waals surface area contributed by atoms with Gasteiger partial charge in [0.15, 0.2) is 5.82 Å². The topological polar surface area (TPSA) is 72.2 Å². The summed E-state index contributed by atoms with van der Waals surface area (Å²) in [5.74, 6) is -3.83. The minimum atomic E-state index is -1.19. The van der Waals surface area contributed by atoms with E-state index in [4.69, 9.17) is 17.3 Å². The van der Waals surface area contributed by atoms with Crippen LogP contribution < -0.4 is 11.1 Å². The maximum Gasteiger partial charge on any atom is 0.254 e. The third-order valence-corrected chi connectivity index (χ3v) is 3.56. The summed E-state index contributed by atoms with van der Waals surface area (Å²) in [4.78, 5) is 23.6. The highest BCUT2D eigenvalue weighted by Gasteiger charge is 2.23. The van der Waals surface area contributed by atoms with Gasteiger partial charge in [-0.15, -0.1) is 0 Å². The summed E-state index contributed by atoms with van der Waals surface area (Å²) in [6, 6.07) is 9.66. The number of rotatable bonds is 5. The fourth-order valence-corrected chi connectivity index (χ4v) is 2.17. The molecule has 2 amide bonds. The van der Waals surface area contributed by atoms with Crippen molar-refractivity contribution in [3.63, 3.8) is 0 Å².